The number of pyridine rings is 1. The Morgan fingerprint density at radius 3 is 3.14 bits per heavy atom. The molecule has 0 saturated carbocycles. The van der Waals surface area contributed by atoms with Crippen LogP contribution in [0.2, 0.25) is 0 Å². The predicted molar refractivity (Wildman–Crippen MR) is 53.1 cm³/mol. The molecule has 3 nitrogen and oxygen atoms in total. The molecule has 1 N–H and O–H groups in total. The van der Waals surface area contributed by atoms with Gasteiger partial charge in [-0.2, -0.15) is 5.26 Å². The second-order valence-corrected chi connectivity index (χ2v) is 3.86. The number of aryl methyl sites for hydroxylation is 1. The summed E-state index contributed by atoms with van der Waals surface area (Å²) in [6, 6.07) is 3.66. The van der Waals surface area contributed by atoms with Crippen LogP contribution in [0.1, 0.15) is 42.5 Å². The topological polar surface area (TPSA) is 56.6 Å². The quantitative estimate of drug-likeness (QED) is 0.673. The lowest BCUT2D eigenvalue weighted by Gasteiger charge is -2.21. The van der Waals surface area contributed by atoms with E-state index in [4.69, 9.17) is 5.26 Å². The molecule has 0 radical (unpaired) electrons. The van der Waals surface area contributed by atoms with Gasteiger partial charge in [-0.25, -0.2) is 0 Å². The summed E-state index contributed by atoms with van der Waals surface area (Å²) in [6.07, 6.45) is 3.24. The number of rotatable bonds is 0. The van der Waals surface area contributed by atoms with E-state index in [-0.39, 0.29) is 11.1 Å². The lowest BCUT2D eigenvalue weighted by molar-refractivity contribution is 0.571. The van der Waals surface area contributed by atoms with E-state index in [1.54, 1.807) is 6.07 Å². The molecule has 3 heteroatoms. The van der Waals surface area contributed by atoms with Gasteiger partial charge in [0.1, 0.15) is 11.6 Å². The van der Waals surface area contributed by atoms with E-state index in [9.17, 15) is 4.79 Å². The summed E-state index contributed by atoms with van der Waals surface area (Å²) in [6.45, 7) is 2.11. The van der Waals surface area contributed by atoms with Crippen molar-refractivity contribution in [2.75, 3.05) is 0 Å². The van der Waals surface area contributed by atoms with Crippen molar-refractivity contribution in [2.45, 2.75) is 32.1 Å². The molecule has 0 aliphatic heterocycles. The summed E-state index contributed by atoms with van der Waals surface area (Å²) < 4.78 is 0. The minimum atomic E-state index is -0.250. The number of fused-ring (bicyclic) bond motifs is 1. The molecule has 1 aromatic rings. The summed E-state index contributed by atoms with van der Waals surface area (Å²) in [4.78, 5) is 14.2. The zero-order valence-electron chi connectivity index (χ0n) is 8.13. The monoisotopic (exact) mass is 188 g/mol. The largest absolute Gasteiger partial charge is 0.325 e. The van der Waals surface area contributed by atoms with Crippen LogP contribution in [0.15, 0.2) is 10.9 Å². The molecule has 0 aromatic carbocycles. The molecule has 2 rings (SSSR count). The van der Waals surface area contributed by atoms with E-state index < -0.39 is 0 Å². The van der Waals surface area contributed by atoms with E-state index >= 15 is 0 Å². The van der Waals surface area contributed by atoms with Crippen molar-refractivity contribution in [2.24, 2.45) is 0 Å². The first-order chi connectivity index (χ1) is 6.72. The van der Waals surface area contributed by atoms with E-state index in [0.717, 1.165) is 30.5 Å². The van der Waals surface area contributed by atoms with Gasteiger partial charge >= 0.3 is 0 Å². The number of aromatic nitrogens is 1. The second-order valence-electron chi connectivity index (χ2n) is 3.86. The smallest absolute Gasteiger partial charge is 0.266 e. The molecule has 0 bridgehead atoms. The van der Waals surface area contributed by atoms with Crippen molar-refractivity contribution in [3.8, 4) is 6.07 Å². The first kappa shape index (κ1) is 9.01. The zero-order valence-corrected chi connectivity index (χ0v) is 8.13. The van der Waals surface area contributed by atoms with Crippen molar-refractivity contribution in [3.63, 3.8) is 0 Å². The van der Waals surface area contributed by atoms with Gasteiger partial charge in [-0.3, -0.25) is 4.79 Å². The molecule has 14 heavy (non-hydrogen) atoms. The molecule has 0 amide bonds. The summed E-state index contributed by atoms with van der Waals surface area (Å²) in [5.41, 5.74) is 2.15. The maximum absolute atomic E-state index is 11.4. The Labute approximate surface area is 82.4 Å². The first-order valence-corrected chi connectivity index (χ1v) is 4.88. The van der Waals surface area contributed by atoms with Crippen molar-refractivity contribution in [1.29, 1.82) is 5.26 Å². The SMILES string of the molecule is C[C@H]1CCCc2cc(C#N)c(=O)[nH]c21. The molecule has 72 valence electrons. The van der Waals surface area contributed by atoms with Crippen LogP contribution in [0.25, 0.3) is 0 Å². The Morgan fingerprint density at radius 2 is 2.43 bits per heavy atom. The molecule has 1 atom stereocenters. The molecule has 0 unspecified atom stereocenters. The molecule has 0 spiro atoms. The zero-order chi connectivity index (χ0) is 10.1. The Balaban J connectivity index is 2.61. The molecule has 1 aromatic heterocycles. The average molecular weight is 188 g/mol. The molecule has 0 saturated heterocycles. The number of H-pyrrole nitrogens is 1. The van der Waals surface area contributed by atoms with Crippen LogP contribution >= 0.6 is 0 Å². The van der Waals surface area contributed by atoms with Gasteiger partial charge in [-0.1, -0.05) is 6.92 Å². The average Bonchev–Trinajstić information content (AvgIpc) is 2.19. The van der Waals surface area contributed by atoms with Crippen LogP contribution in [-0.2, 0) is 6.42 Å². The number of nitrogens with zero attached hydrogens (tertiary/aromatic N) is 1. The summed E-state index contributed by atoms with van der Waals surface area (Å²) >= 11 is 0. The van der Waals surface area contributed by atoms with Gasteiger partial charge in [0.05, 0.1) is 0 Å². The molecule has 1 aliphatic carbocycles. The fraction of sp³-hybridized carbons (Fsp3) is 0.455. The van der Waals surface area contributed by atoms with Gasteiger partial charge in [0.2, 0.25) is 0 Å². The van der Waals surface area contributed by atoms with E-state index in [1.807, 2.05) is 6.07 Å². The van der Waals surface area contributed by atoms with Crippen LogP contribution in [0.5, 0.6) is 0 Å². The third-order valence-electron chi connectivity index (χ3n) is 2.85. The molecular formula is C11H12N2O. The van der Waals surface area contributed by atoms with Crippen LogP contribution in [-0.4, -0.2) is 4.98 Å². The van der Waals surface area contributed by atoms with Crippen LogP contribution in [0.4, 0.5) is 0 Å². The summed E-state index contributed by atoms with van der Waals surface area (Å²) in [5.74, 6) is 0.416. The van der Waals surface area contributed by atoms with Crippen molar-refractivity contribution >= 4 is 0 Å². The normalized spacial score (nSPS) is 19.9. The Kier molecular flexibility index (Phi) is 2.12. The fourth-order valence-electron chi connectivity index (χ4n) is 2.06. The minimum Gasteiger partial charge on any atom is -0.325 e. The maximum atomic E-state index is 11.4. The minimum absolute atomic E-state index is 0.234. The Hall–Kier alpha value is -1.56. The highest BCUT2D eigenvalue weighted by Crippen LogP contribution is 2.28. The van der Waals surface area contributed by atoms with Crippen LogP contribution in [0, 0.1) is 11.3 Å². The van der Waals surface area contributed by atoms with E-state index in [2.05, 4.69) is 11.9 Å². The number of hydrogen-bond donors (Lipinski definition) is 1. The van der Waals surface area contributed by atoms with Gasteiger partial charge in [0, 0.05) is 5.69 Å². The maximum Gasteiger partial charge on any atom is 0.266 e. The second kappa shape index (κ2) is 3.30. The van der Waals surface area contributed by atoms with Gasteiger partial charge in [0.25, 0.3) is 5.56 Å². The van der Waals surface area contributed by atoms with Gasteiger partial charge < -0.3 is 4.98 Å². The standard InChI is InChI=1S/C11H12N2O/c1-7-3-2-4-8-5-9(6-12)11(14)13-10(7)8/h5,7H,2-4H2,1H3,(H,13,14)/t7-/m0/s1. The lowest BCUT2D eigenvalue weighted by atomic mass is 9.87. The van der Waals surface area contributed by atoms with Gasteiger partial charge in [-0.15, -0.1) is 0 Å². The molecule has 1 heterocycles. The van der Waals surface area contributed by atoms with Crippen LogP contribution < -0.4 is 5.56 Å². The van der Waals surface area contributed by atoms with E-state index in [0.29, 0.717) is 5.92 Å². The Morgan fingerprint density at radius 1 is 1.64 bits per heavy atom. The number of nitrogens with one attached hydrogen (secondary N) is 1. The number of aromatic amines is 1. The van der Waals surface area contributed by atoms with Gasteiger partial charge in [-0.05, 0) is 36.8 Å². The third kappa shape index (κ3) is 1.33. The highest BCUT2D eigenvalue weighted by molar-refractivity contribution is 5.35. The van der Waals surface area contributed by atoms with E-state index in [1.165, 1.54) is 0 Å². The first-order valence-electron chi connectivity index (χ1n) is 4.88. The molecule has 0 fully saturated rings. The third-order valence-corrected chi connectivity index (χ3v) is 2.85. The van der Waals surface area contributed by atoms with Crippen molar-refractivity contribution < 1.29 is 0 Å². The molecule has 1 aliphatic rings. The summed E-state index contributed by atoms with van der Waals surface area (Å²) in [5, 5.41) is 8.72. The van der Waals surface area contributed by atoms with Crippen molar-refractivity contribution in [1.82, 2.24) is 4.98 Å². The van der Waals surface area contributed by atoms with Crippen LogP contribution in [0.3, 0.4) is 0 Å². The van der Waals surface area contributed by atoms with Crippen molar-refractivity contribution in [3.05, 3.63) is 33.2 Å². The Bertz CT molecular complexity index is 453. The fourth-order valence-corrected chi connectivity index (χ4v) is 2.06. The number of hydrogen-bond acceptors (Lipinski definition) is 2. The highest BCUT2D eigenvalue weighted by atomic mass is 16.1. The lowest BCUT2D eigenvalue weighted by Crippen LogP contribution is -2.19. The number of nitriles is 1. The molecular weight excluding hydrogens is 176 g/mol. The summed E-state index contributed by atoms with van der Waals surface area (Å²) in [7, 11) is 0. The van der Waals surface area contributed by atoms with Gasteiger partial charge in [0.15, 0.2) is 0 Å². The highest BCUT2D eigenvalue weighted by Gasteiger charge is 2.18. The predicted octanol–water partition coefficient (Wildman–Crippen LogP) is 1.69.